The van der Waals surface area contributed by atoms with E-state index in [1.54, 1.807) is 12.1 Å². The van der Waals surface area contributed by atoms with Crippen LogP contribution < -0.4 is 4.57 Å². The second kappa shape index (κ2) is 7.38. The van der Waals surface area contributed by atoms with Gasteiger partial charge in [-0.25, -0.2) is 17.6 Å². The average Bonchev–Trinajstić information content (AvgIpc) is 2.85. The van der Waals surface area contributed by atoms with Gasteiger partial charge in [-0.3, -0.25) is 0 Å². The first-order valence-corrected chi connectivity index (χ1v) is 8.20. The number of nitrogens with zero attached hydrogens (tertiary/aromatic N) is 2. The number of aryl methyl sites for hydroxylation is 2. The van der Waals surface area contributed by atoms with Crippen molar-refractivity contribution in [1.82, 2.24) is 4.57 Å². The Hall–Kier alpha value is -1.66. The third-order valence-electron chi connectivity index (χ3n) is 3.20. The van der Waals surface area contributed by atoms with Crippen LogP contribution in [-0.2, 0) is 17.2 Å². The molecule has 2 aromatic rings. The molecule has 0 fully saturated rings. The summed E-state index contributed by atoms with van der Waals surface area (Å²) < 4.78 is 35.4. The molecule has 21 heavy (non-hydrogen) atoms. The molecule has 0 amide bonds. The van der Waals surface area contributed by atoms with E-state index >= 15 is 0 Å². The Kier molecular flexibility index (Phi) is 6.11. The molecule has 1 atom stereocenters. The van der Waals surface area contributed by atoms with Crippen LogP contribution in [0, 0.1) is 6.92 Å². The van der Waals surface area contributed by atoms with Crippen LogP contribution in [0.3, 0.4) is 0 Å². The maximum atomic E-state index is 10.4. The van der Waals surface area contributed by atoms with Crippen molar-refractivity contribution in [3.8, 4) is 0 Å². The minimum absolute atomic E-state index is 0.178. The summed E-state index contributed by atoms with van der Waals surface area (Å²) in [4.78, 5) is -0.178. The molecule has 0 aliphatic rings. The van der Waals surface area contributed by atoms with Crippen LogP contribution >= 0.6 is 0 Å². The van der Waals surface area contributed by atoms with Gasteiger partial charge < -0.3 is 4.55 Å². The monoisotopic (exact) mass is 310 g/mol. The van der Waals surface area contributed by atoms with Crippen LogP contribution in [0.15, 0.2) is 47.9 Å². The normalized spacial score (nSPS) is 12.4. The predicted octanol–water partition coefficient (Wildman–Crippen LogP) is 2.18. The summed E-state index contributed by atoms with van der Waals surface area (Å²) in [6.45, 7) is 6.24. The Morgan fingerprint density at radius 1 is 1.29 bits per heavy atom. The highest BCUT2D eigenvalue weighted by molar-refractivity contribution is 7.85. The Labute approximate surface area is 126 Å². The molecular formula is C15H22N2O3S. The van der Waals surface area contributed by atoms with Crippen molar-refractivity contribution in [3.63, 3.8) is 0 Å². The molecule has 0 bridgehead atoms. The minimum Gasteiger partial charge on any atom is -0.744 e. The first-order chi connectivity index (χ1) is 9.74. The third-order valence-corrected chi connectivity index (χ3v) is 4.05. The lowest BCUT2D eigenvalue weighted by atomic mass is 10.2. The highest BCUT2D eigenvalue weighted by Gasteiger charge is 2.06. The Bertz CT molecular complexity index is 660. The van der Waals surface area contributed by atoms with Gasteiger partial charge in [-0.05, 0) is 32.4 Å². The maximum absolute atomic E-state index is 10.4. The van der Waals surface area contributed by atoms with Gasteiger partial charge in [0.05, 0.1) is 18.0 Å². The van der Waals surface area contributed by atoms with Gasteiger partial charge in [0.15, 0.2) is 0 Å². The summed E-state index contributed by atoms with van der Waals surface area (Å²) in [5.41, 5.74) is 0.928. The zero-order chi connectivity index (χ0) is 16.0. The number of hydrogen-bond donors (Lipinski definition) is 0. The molecule has 0 aliphatic carbocycles. The van der Waals surface area contributed by atoms with Crippen molar-refractivity contribution in [1.29, 1.82) is 0 Å². The van der Waals surface area contributed by atoms with E-state index in [9.17, 15) is 13.0 Å². The van der Waals surface area contributed by atoms with E-state index in [0.717, 1.165) is 5.56 Å². The summed E-state index contributed by atoms with van der Waals surface area (Å²) >= 11 is 0. The van der Waals surface area contributed by atoms with Gasteiger partial charge in [0.25, 0.3) is 0 Å². The molecule has 0 saturated carbocycles. The Balaban J connectivity index is 0.000000211. The molecule has 0 aliphatic heterocycles. The van der Waals surface area contributed by atoms with Crippen molar-refractivity contribution in [3.05, 3.63) is 48.5 Å². The van der Waals surface area contributed by atoms with Crippen LogP contribution in [0.4, 0.5) is 0 Å². The molecule has 1 heterocycles. The second-order valence-electron chi connectivity index (χ2n) is 5.05. The first kappa shape index (κ1) is 17.4. The SMILES string of the molecule is CCC(C)n1cc[n+](C)c1.Cc1ccc(S(=O)(=O)[O-])cc1. The van der Waals surface area contributed by atoms with Crippen LogP contribution in [0.1, 0.15) is 31.9 Å². The van der Waals surface area contributed by atoms with Crippen molar-refractivity contribution in [2.45, 2.75) is 38.1 Å². The predicted molar refractivity (Wildman–Crippen MR) is 79.8 cm³/mol. The number of rotatable bonds is 3. The Morgan fingerprint density at radius 3 is 2.24 bits per heavy atom. The van der Waals surface area contributed by atoms with E-state index in [1.165, 1.54) is 18.6 Å². The summed E-state index contributed by atoms with van der Waals surface area (Å²) in [7, 11) is -2.23. The fourth-order valence-corrected chi connectivity index (χ4v) is 2.12. The largest absolute Gasteiger partial charge is 0.744 e. The van der Waals surface area contributed by atoms with E-state index in [0.29, 0.717) is 6.04 Å². The van der Waals surface area contributed by atoms with E-state index < -0.39 is 10.1 Å². The first-order valence-electron chi connectivity index (χ1n) is 6.79. The standard InChI is InChI=1S/C8H15N2.C7H8O3S/c1-4-8(2)10-6-5-9(3)7-10;1-6-2-4-7(5-3-6)11(8,9)10/h5-8H,4H2,1-3H3;2-5H,1H3,(H,8,9,10)/q+1;/p-1. The molecule has 0 spiro atoms. The average molecular weight is 310 g/mol. The molecule has 1 aromatic heterocycles. The van der Waals surface area contributed by atoms with Crippen molar-refractivity contribution in [2.24, 2.45) is 7.05 Å². The maximum Gasteiger partial charge on any atom is 0.243 e. The third kappa shape index (κ3) is 5.69. The van der Waals surface area contributed by atoms with Gasteiger partial charge in [-0.2, -0.15) is 0 Å². The molecular weight excluding hydrogens is 288 g/mol. The molecule has 0 radical (unpaired) electrons. The molecule has 6 heteroatoms. The number of imidazole rings is 1. The number of benzene rings is 1. The summed E-state index contributed by atoms with van der Waals surface area (Å²) in [5.74, 6) is 0. The quantitative estimate of drug-likeness (QED) is 0.644. The van der Waals surface area contributed by atoms with E-state index in [1.807, 2.05) is 14.0 Å². The topological polar surface area (TPSA) is 66.0 Å². The van der Waals surface area contributed by atoms with Crippen LogP contribution in [0.2, 0.25) is 0 Å². The van der Waals surface area contributed by atoms with Crippen molar-refractivity contribution < 1.29 is 17.5 Å². The van der Waals surface area contributed by atoms with E-state index in [2.05, 4.69) is 41.7 Å². The van der Waals surface area contributed by atoms with Crippen LogP contribution in [0.25, 0.3) is 0 Å². The molecule has 1 aromatic carbocycles. The molecule has 5 nitrogen and oxygen atoms in total. The summed E-state index contributed by atoms with van der Waals surface area (Å²) in [6, 6.07) is 6.41. The molecule has 2 rings (SSSR count). The highest BCUT2D eigenvalue weighted by Crippen LogP contribution is 2.08. The van der Waals surface area contributed by atoms with Gasteiger partial charge in [0.2, 0.25) is 6.33 Å². The lowest BCUT2D eigenvalue weighted by Crippen LogP contribution is -2.24. The smallest absolute Gasteiger partial charge is 0.243 e. The summed E-state index contributed by atoms with van der Waals surface area (Å²) in [6.07, 6.45) is 7.46. The van der Waals surface area contributed by atoms with Gasteiger partial charge >= 0.3 is 0 Å². The van der Waals surface area contributed by atoms with Crippen molar-refractivity contribution >= 4 is 10.1 Å². The fourth-order valence-electron chi connectivity index (χ4n) is 1.65. The minimum atomic E-state index is -4.27. The molecule has 0 saturated heterocycles. The molecule has 0 N–H and O–H groups in total. The second-order valence-corrected chi connectivity index (χ2v) is 6.43. The Morgan fingerprint density at radius 2 is 1.86 bits per heavy atom. The van der Waals surface area contributed by atoms with Gasteiger partial charge in [0, 0.05) is 0 Å². The fraction of sp³-hybridized carbons (Fsp3) is 0.400. The number of aromatic nitrogens is 2. The van der Waals surface area contributed by atoms with Gasteiger partial charge in [-0.15, -0.1) is 0 Å². The van der Waals surface area contributed by atoms with Crippen LogP contribution in [0.5, 0.6) is 0 Å². The molecule has 116 valence electrons. The van der Waals surface area contributed by atoms with Crippen LogP contribution in [-0.4, -0.2) is 17.5 Å². The lowest BCUT2D eigenvalue weighted by Gasteiger charge is -2.05. The zero-order valence-corrected chi connectivity index (χ0v) is 13.7. The zero-order valence-electron chi connectivity index (χ0n) is 12.9. The summed E-state index contributed by atoms with van der Waals surface area (Å²) in [5, 5.41) is 0. The highest BCUT2D eigenvalue weighted by atomic mass is 32.2. The lowest BCUT2D eigenvalue weighted by molar-refractivity contribution is -0.671. The van der Waals surface area contributed by atoms with E-state index in [-0.39, 0.29) is 4.90 Å². The van der Waals surface area contributed by atoms with Gasteiger partial charge in [0.1, 0.15) is 22.5 Å². The van der Waals surface area contributed by atoms with Gasteiger partial charge in [-0.1, -0.05) is 24.6 Å². The van der Waals surface area contributed by atoms with Crippen molar-refractivity contribution in [2.75, 3.05) is 0 Å². The molecule has 1 unspecified atom stereocenters. The van der Waals surface area contributed by atoms with E-state index in [4.69, 9.17) is 0 Å². The number of hydrogen-bond acceptors (Lipinski definition) is 3.